The molecule has 16 heavy (non-hydrogen) atoms. The molecule has 88 valence electrons. The maximum Gasteiger partial charge on any atom is 0.304 e. The number of methoxy groups -OCH3 is 1. The molecule has 1 atom stereocenters. The van der Waals surface area contributed by atoms with Gasteiger partial charge in [-0.25, -0.2) is 0 Å². The number of benzene rings is 1. The summed E-state index contributed by atoms with van der Waals surface area (Å²) in [6.45, 7) is 1.50. The zero-order valence-electron chi connectivity index (χ0n) is 9.43. The van der Waals surface area contributed by atoms with Crippen molar-refractivity contribution in [2.24, 2.45) is 0 Å². The Morgan fingerprint density at radius 2 is 2.19 bits per heavy atom. The topological polar surface area (TPSA) is 66.8 Å². The zero-order chi connectivity index (χ0) is 12.2. The molecular weight excluding hydrogens is 208 g/mol. The smallest absolute Gasteiger partial charge is 0.304 e. The highest BCUT2D eigenvalue weighted by Crippen LogP contribution is 2.29. The molecule has 0 fully saturated rings. The van der Waals surface area contributed by atoms with Crippen LogP contribution in [0.5, 0.6) is 5.75 Å². The van der Waals surface area contributed by atoms with Crippen molar-refractivity contribution in [3.63, 3.8) is 0 Å². The summed E-state index contributed by atoms with van der Waals surface area (Å²) in [7, 11) is 1.55. The number of carbonyl (C=O) groups is 1. The van der Waals surface area contributed by atoms with Crippen molar-refractivity contribution in [2.45, 2.75) is 18.8 Å². The van der Waals surface area contributed by atoms with Crippen LogP contribution in [0.3, 0.4) is 0 Å². The lowest BCUT2D eigenvalue weighted by molar-refractivity contribution is -0.138. The van der Waals surface area contributed by atoms with Gasteiger partial charge >= 0.3 is 5.97 Å². The van der Waals surface area contributed by atoms with Gasteiger partial charge in [0.05, 0.1) is 20.1 Å². The second-order valence-electron chi connectivity index (χ2n) is 4.02. The Morgan fingerprint density at radius 3 is 2.69 bits per heavy atom. The summed E-state index contributed by atoms with van der Waals surface area (Å²) < 4.78 is 5.07. The largest absolute Gasteiger partial charge is 0.497 e. The van der Waals surface area contributed by atoms with Crippen LogP contribution in [-0.2, 0) is 10.2 Å². The van der Waals surface area contributed by atoms with Gasteiger partial charge in [-0.15, -0.1) is 0 Å². The maximum atomic E-state index is 10.8. The molecule has 2 N–H and O–H groups in total. The molecule has 1 aromatic rings. The van der Waals surface area contributed by atoms with Gasteiger partial charge in [0.25, 0.3) is 0 Å². The minimum absolute atomic E-state index is 0.114. The molecule has 4 heteroatoms. The molecular formula is C12H16O4. The lowest BCUT2D eigenvalue weighted by Crippen LogP contribution is -2.29. The Labute approximate surface area is 94.5 Å². The molecule has 0 heterocycles. The molecule has 1 rings (SSSR count). The predicted octanol–water partition coefficient (Wildman–Crippen LogP) is 1.42. The summed E-state index contributed by atoms with van der Waals surface area (Å²) in [4.78, 5) is 10.8. The lowest BCUT2D eigenvalue weighted by atomic mass is 9.80. The van der Waals surface area contributed by atoms with Crippen molar-refractivity contribution in [3.8, 4) is 5.75 Å². The minimum atomic E-state index is -0.931. The minimum Gasteiger partial charge on any atom is -0.497 e. The van der Waals surface area contributed by atoms with E-state index in [0.29, 0.717) is 5.75 Å². The summed E-state index contributed by atoms with van der Waals surface area (Å²) in [5.41, 5.74) is -0.0165. The summed E-state index contributed by atoms with van der Waals surface area (Å²) >= 11 is 0. The van der Waals surface area contributed by atoms with Gasteiger partial charge in [-0.2, -0.15) is 0 Å². The van der Waals surface area contributed by atoms with E-state index in [4.69, 9.17) is 9.84 Å². The molecule has 0 aromatic heterocycles. The van der Waals surface area contributed by atoms with E-state index >= 15 is 0 Å². The molecule has 4 nitrogen and oxygen atoms in total. The van der Waals surface area contributed by atoms with Crippen LogP contribution in [0.4, 0.5) is 0 Å². The third-order valence-electron chi connectivity index (χ3n) is 2.66. The van der Waals surface area contributed by atoms with Gasteiger partial charge in [0.1, 0.15) is 5.75 Å². The van der Waals surface area contributed by atoms with E-state index in [9.17, 15) is 9.90 Å². The zero-order valence-corrected chi connectivity index (χ0v) is 9.43. The Bertz CT molecular complexity index is 375. The average Bonchev–Trinajstić information content (AvgIpc) is 2.28. The Hall–Kier alpha value is -1.55. The third-order valence-corrected chi connectivity index (χ3v) is 2.66. The first-order valence-corrected chi connectivity index (χ1v) is 4.99. The van der Waals surface area contributed by atoms with Crippen LogP contribution in [0.15, 0.2) is 24.3 Å². The van der Waals surface area contributed by atoms with Gasteiger partial charge in [-0.05, 0) is 17.7 Å². The molecule has 0 aliphatic carbocycles. The number of rotatable bonds is 5. The Kier molecular flexibility index (Phi) is 3.90. The number of aliphatic hydroxyl groups excluding tert-OH is 1. The van der Waals surface area contributed by atoms with Crippen LogP contribution < -0.4 is 4.74 Å². The number of carboxylic acids is 1. The molecule has 1 unspecified atom stereocenters. The van der Waals surface area contributed by atoms with Crippen molar-refractivity contribution >= 4 is 5.97 Å². The van der Waals surface area contributed by atoms with Crippen LogP contribution in [0.2, 0.25) is 0 Å². The number of aliphatic carboxylic acids is 1. The quantitative estimate of drug-likeness (QED) is 0.793. The summed E-state index contributed by atoms with van der Waals surface area (Å²) in [5, 5.41) is 18.2. The van der Waals surface area contributed by atoms with E-state index in [1.165, 1.54) is 0 Å². The molecule has 0 saturated heterocycles. The molecule has 0 aliphatic heterocycles. The highest BCUT2D eigenvalue weighted by Gasteiger charge is 2.29. The molecule has 0 spiro atoms. The van der Waals surface area contributed by atoms with Gasteiger partial charge in [0.2, 0.25) is 0 Å². The second kappa shape index (κ2) is 4.99. The standard InChI is InChI=1S/C12H16O4/c1-12(8-13,7-11(14)15)9-4-3-5-10(6-9)16-2/h3-6,13H,7-8H2,1-2H3,(H,14,15). The van der Waals surface area contributed by atoms with E-state index < -0.39 is 11.4 Å². The second-order valence-corrected chi connectivity index (χ2v) is 4.02. The number of carboxylic acid groups (broad SMARTS) is 1. The van der Waals surface area contributed by atoms with Gasteiger partial charge in [0, 0.05) is 5.41 Å². The van der Waals surface area contributed by atoms with E-state index in [1.54, 1.807) is 38.3 Å². The van der Waals surface area contributed by atoms with Crippen molar-refractivity contribution in [1.82, 2.24) is 0 Å². The normalized spacial score (nSPS) is 14.2. The Morgan fingerprint density at radius 1 is 1.50 bits per heavy atom. The number of ether oxygens (including phenoxy) is 1. The van der Waals surface area contributed by atoms with Crippen molar-refractivity contribution < 1.29 is 19.7 Å². The van der Waals surface area contributed by atoms with Crippen molar-refractivity contribution in [3.05, 3.63) is 29.8 Å². The highest BCUT2D eigenvalue weighted by atomic mass is 16.5. The van der Waals surface area contributed by atoms with E-state index in [0.717, 1.165) is 5.56 Å². The van der Waals surface area contributed by atoms with Crippen LogP contribution >= 0.6 is 0 Å². The van der Waals surface area contributed by atoms with Gasteiger partial charge in [0.15, 0.2) is 0 Å². The molecule has 0 radical (unpaired) electrons. The molecule has 0 bridgehead atoms. The summed E-state index contributed by atoms with van der Waals surface area (Å²) in [6, 6.07) is 7.10. The van der Waals surface area contributed by atoms with Crippen LogP contribution in [0.25, 0.3) is 0 Å². The maximum absolute atomic E-state index is 10.8. The monoisotopic (exact) mass is 224 g/mol. The van der Waals surface area contributed by atoms with E-state index in [1.807, 2.05) is 0 Å². The molecule has 0 aliphatic rings. The van der Waals surface area contributed by atoms with Crippen LogP contribution in [-0.4, -0.2) is 29.9 Å². The number of aliphatic hydroxyl groups is 1. The average molecular weight is 224 g/mol. The third kappa shape index (κ3) is 2.73. The van der Waals surface area contributed by atoms with Crippen LogP contribution in [0, 0.1) is 0 Å². The predicted molar refractivity (Wildman–Crippen MR) is 59.7 cm³/mol. The fraction of sp³-hybridized carbons (Fsp3) is 0.417. The first kappa shape index (κ1) is 12.5. The Balaban J connectivity index is 3.06. The van der Waals surface area contributed by atoms with E-state index in [2.05, 4.69) is 0 Å². The SMILES string of the molecule is COc1cccc(C(C)(CO)CC(=O)O)c1. The number of hydrogen-bond donors (Lipinski definition) is 2. The van der Waals surface area contributed by atoms with E-state index in [-0.39, 0.29) is 13.0 Å². The molecule has 0 saturated carbocycles. The first-order chi connectivity index (χ1) is 7.51. The highest BCUT2D eigenvalue weighted by molar-refractivity contribution is 5.69. The summed E-state index contributed by atoms with van der Waals surface area (Å²) in [5.74, 6) is -0.276. The van der Waals surface area contributed by atoms with Crippen molar-refractivity contribution in [2.75, 3.05) is 13.7 Å². The van der Waals surface area contributed by atoms with Crippen molar-refractivity contribution in [1.29, 1.82) is 0 Å². The van der Waals surface area contributed by atoms with Gasteiger partial charge in [-0.1, -0.05) is 19.1 Å². The molecule has 1 aromatic carbocycles. The van der Waals surface area contributed by atoms with Crippen LogP contribution in [0.1, 0.15) is 18.9 Å². The lowest BCUT2D eigenvalue weighted by Gasteiger charge is -2.26. The number of hydrogen-bond acceptors (Lipinski definition) is 3. The van der Waals surface area contributed by atoms with Gasteiger partial charge < -0.3 is 14.9 Å². The fourth-order valence-corrected chi connectivity index (χ4v) is 1.58. The van der Waals surface area contributed by atoms with Gasteiger partial charge in [-0.3, -0.25) is 4.79 Å². The first-order valence-electron chi connectivity index (χ1n) is 4.99. The fourth-order valence-electron chi connectivity index (χ4n) is 1.58. The summed E-state index contributed by atoms with van der Waals surface area (Å²) in [6.07, 6.45) is -0.114. The molecule has 0 amide bonds.